The van der Waals surface area contributed by atoms with E-state index in [9.17, 15) is 4.79 Å². The van der Waals surface area contributed by atoms with Gasteiger partial charge in [0.15, 0.2) is 0 Å². The number of carbonyl (C=O) groups excluding carboxylic acids is 1. The predicted octanol–water partition coefficient (Wildman–Crippen LogP) is 3.52. The predicted molar refractivity (Wildman–Crippen MR) is 109 cm³/mol. The van der Waals surface area contributed by atoms with Gasteiger partial charge in [-0.05, 0) is 42.5 Å². The van der Waals surface area contributed by atoms with Gasteiger partial charge < -0.3 is 15.8 Å². The molecule has 0 aliphatic carbocycles. The lowest BCUT2D eigenvalue weighted by molar-refractivity contribution is -0.122. The monoisotopic (exact) mass is 376 g/mol. The lowest BCUT2D eigenvalue weighted by atomic mass is 10.1. The molecule has 0 aliphatic heterocycles. The molecule has 5 heteroatoms. The molecular formula is C21H29ClN2O2. The van der Waals surface area contributed by atoms with Crippen molar-refractivity contribution < 1.29 is 9.53 Å². The van der Waals surface area contributed by atoms with E-state index in [2.05, 4.69) is 12.2 Å². The lowest BCUT2D eigenvalue weighted by Gasteiger charge is -2.12. The van der Waals surface area contributed by atoms with Gasteiger partial charge in [-0.2, -0.15) is 0 Å². The molecule has 0 saturated carbocycles. The number of nitrogens with two attached hydrogens (primary N) is 1. The molecule has 0 heterocycles. The SMILES string of the molecule is CCCCOc1ccc(CCNC(=O)C(N)Cc2ccccc2)cc1.Cl. The first kappa shape index (κ1) is 22.0. The molecule has 0 bridgehead atoms. The molecule has 2 aromatic carbocycles. The van der Waals surface area contributed by atoms with Gasteiger partial charge in [-0.1, -0.05) is 55.8 Å². The van der Waals surface area contributed by atoms with E-state index in [1.165, 1.54) is 5.56 Å². The van der Waals surface area contributed by atoms with Gasteiger partial charge in [0.05, 0.1) is 12.6 Å². The van der Waals surface area contributed by atoms with Crippen LogP contribution in [-0.2, 0) is 17.6 Å². The molecule has 2 rings (SSSR count). The number of carbonyl (C=O) groups is 1. The highest BCUT2D eigenvalue weighted by Crippen LogP contribution is 2.13. The van der Waals surface area contributed by atoms with Crippen LogP contribution in [0.25, 0.3) is 0 Å². The zero-order valence-electron chi connectivity index (χ0n) is 15.3. The Bertz CT molecular complexity index is 632. The first-order valence-electron chi connectivity index (χ1n) is 8.98. The van der Waals surface area contributed by atoms with Crippen LogP contribution in [0.15, 0.2) is 54.6 Å². The van der Waals surface area contributed by atoms with Crippen LogP contribution in [0.2, 0.25) is 0 Å². The van der Waals surface area contributed by atoms with Crippen molar-refractivity contribution in [1.29, 1.82) is 0 Å². The summed E-state index contributed by atoms with van der Waals surface area (Å²) >= 11 is 0. The molecule has 1 unspecified atom stereocenters. The lowest BCUT2D eigenvalue weighted by Crippen LogP contribution is -2.42. The van der Waals surface area contributed by atoms with Gasteiger partial charge in [0.2, 0.25) is 5.91 Å². The van der Waals surface area contributed by atoms with E-state index < -0.39 is 6.04 Å². The number of rotatable bonds is 10. The zero-order chi connectivity index (χ0) is 17.9. The molecule has 2 aromatic rings. The van der Waals surface area contributed by atoms with E-state index in [0.717, 1.165) is 37.2 Å². The Morgan fingerprint density at radius 2 is 1.77 bits per heavy atom. The summed E-state index contributed by atoms with van der Waals surface area (Å²) in [6.45, 7) is 3.48. The summed E-state index contributed by atoms with van der Waals surface area (Å²) in [6, 6.07) is 17.3. The first-order chi connectivity index (χ1) is 12.2. The second-order valence-corrected chi connectivity index (χ2v) is 6.18. The minimum absolute atomic E-state index is 0. The van der Waals surface area contributed by atoms with Gasteiger partial charge in [-0.3, -0.25) is 4.79 Å². The highest BCUT2D eigenvalue weighted by molar-refractivity contribution is 5.85. The van der Waals surface area contributed by atoms with E-state index in [1.807, 2.05) is 54.6 Å². The zero-order valence-corrected chi connectivity index (χ0v) is 16.1. The molecule has 0 saturated heterocycles. The molecule has 0 aromatic heterocycles. The fourth-order valence-electron chi connectivity index (χ4n) is 2.51. The van der Waals surface area contributed by atoms with E-state index in [1.54, 1.807) is 0 Å². The van der Waals surface area contributed by atoms with E-state index in [4.69, 9.17) is 10.5 Å². The molecular weight excluding hydrogens is 348 g/mol. The van der Waals surface area contributed by atoms with Gasteiger partial charge in [0, 0.05) is 6.54 Å². The minimum Gasteiger partial charge on any atom is -0.494 e. The summed E-state index contributed by atoms with van der Waals surface area (Å²) in [7, 11) is 0. The standard InChI is InChI=1S/C21H28N2O2.ClH/c1-2-3-15-25-19-11-9-17(10-12-19)13-14-23-21(24)20(22)16-18-7-5-4-6-8-18;/h4-12,20H,2-3,13-16,22H2,1H3,(H,23,24);1H. The van der Waals surface area contributed by atoms with Crippen LogP contribution in [0.5, 0.6) is 5.75 Å². The number of hydrogen-bond donors (Lipinski definition) is 2. The van der Waals surface area contributed by atoms with Gasteiger partial charge in [-0.15, -0.1) is 12.4 Å². The minimum atomic E-state index is -0.517. The molecule has 0 spiro atoms. The summed E-state index contributed by atoms with van der Waals surface area (Å²) in [5, 5.41) is 2.91. The molecule has 3 N–H and O–H groups in total. The average Bonchev–Trinajstić information content (AvgIpc) is 2.64. The van der Waals surface area contributed by atoms with Gasteiger partial charge in [0.25, 0.3) is 0 Å². The Balaban J connectivity index is 0.00000338. The van der Waals surface area contributed by atoms with Crippen LogP contribution in [0.3, 0.4) is 0 Å². The maximum Gasteiger partial charge on any atom is 0.237 e. The third-order valence-electron chi connectivity index (χ3n) is 4.04. The third-order valence-corrected chi connectivity index (χ3v) is 4.04. The van der Waals surface area contributed by atoms with Crippen LogP contribution in [0, 0.1) is 0 Å². The first-order valence-corrected chi connectivity index (χ1v) is 8.98. The number of unbranched alkanes of at least 4 members (excludes halogenated alkanes) is 1. The number of amides is 1. The normalized spacial score (nSPS) is 11.3. The maximum absolute atomic E-state index is 12.1. The second-order valence-electron chi connectivity index (χ2n) is 6.18. The molecule has 0 fully saturated rings. The van der Waals surface area contributed by atoms with Gasteiger partial charge >= 0.3 is 0 Å². The van der Waals surface area contributed by atoms with Crippen LogP contribution >= 0.6 is 12.4 Å². The molecule has 1 atom stereocenters. The van der Waals surface area contributed by atoms with Crippen molar-refractivity contribution >= 4 is 18.3 Å². The molecule has 1 amide bonds. The van der Waals surface area contributed by atoms with Crippen LogP contribution in [-0.4, -0.2) is 25.1 Å². The van der Waals surface area contributed by atoms with Crippen molar-refractivity contribution in [2.45, 2.75) is 38.6 Å². The Morgan fingerprint density at radius 1 is 1.08 bits per heavy atom. The fourth-order valence-corrected chi connectivity index (χ4v) is 2.51. The van der Waals surface area contributed by atoms with Crippen molar-refractivity contribution in [2.75, 3.05) is 13.2 Å². The van der Waals surface area contributed by atoms with Crippen LogP contribution in [0.4, 0.5) is 0 Å². The van der Waals surface area contributed by atoms with Crippen molar-refractivity contribution in [2.24, 2.45) is 5.73 Å². The smallest absolute Gasteiger partial charge is 0.237 e. The summed E-state index contributed by atoms with van der Waals surface area (Å²) in [4.78, 5) is 12.1. The molecule has 26 heavy (non-hydrogen) atoms. The average molecular weight is 377 g/mol. The highest BCUT2D eigenvalue weighted by Gasteiger charge is 2.13. The third kappa shape index (κ3) is 7.89. The quantitative estimate of drug-likeness (QED) is 0.623. The number of ether oxygens (including phenoxy) is 1. The maximum atomic E-state index is 12.1. The Labute approximate surface area is 162 Å². The van der Waals surface area contributed by atoms with Crippen molar-refractivity contribution in [1.82, 2.24) is 5.32 Å². The fraction of sp³-hybridized carbons (Fsp3) is 0.381. The number of halogens is 1. The summed E-state index contributed by atoms with van der Waals surface area (Å²) in [6.07, 6.45) is 3.52. The van der Waals surface area contributed by atoms with E-state index in [0.29, 0.717) is 13.0 Å². The Morgan fingerprint density at radius 3 is 2.42 bits per heavy atom. The van der Waals surface area contributed by atoms with Gasteiger partial charge in [0.1, 0.15) is 5.75 Å². The largest absolute Gasteiger partial charge is 0.494 e. The molecule has 0 aliphatic rings. The summed E-state index contributed by atoms with van der Waals surface area (Å²) < 4.78 is 5.65. The Hall–Kier alpha value is -2.04. The second kappa shape index (κ2) is 12.3. The van der Waals surface area contributed by atoms with E-state index >= 15 is 0 Å². The van der Waals surface area contributed by atoms with Crippen molar-refractivity contribution in [3.05, 3.63) is 65.7 Å². The van der Waals surface area contributed by atoms with Crippen LogP contribution in [0.1, 0.15) is 30.9 Å². The van der Waals surface area contributed by atoms with Crippen molar-refractivity contribution in [3.63, 3.8) is 0 Å². The summed E-state index contributed by atoms with van der Waals surface area (Å²) in [5.41, 5.74) is 8.22. The molecule has 4 nitrogen and oxygen atoms in total. The van der Waals surface area contributed by atoms with Crippen molar-refractivity contribution in [3.8, 4) is 5.75 Å². The number of hydrogen-bond acceptors (Lipinski definition) is 3. The van der Waals surface area contributed by atoms with Crippen LogP contribution < -0.4 is 15.8 Å². The summed E-state index contributed by atoms with van der Waals surface area (Å²) in [5.74, 6) is 0.787. The Kier molecular flexibility index (Phi) is 10.4. The molecule has 142 valence electrons. The van der Waals surface area contributed by atoms with E-state index in [-0.39, 0.29) is 18.3 Å². The topological polar surface area (TPSA) is 64.3 Å². The molecule has 0 radical (unpaired) electrons. The highest BCUT2D eigenvalue weighted by atomic mass is 35.5. The number of benzene rings is 2. The van der Waals surface area contributed by atoms with Gasteiger partial charge in [-0.25, -0.2) is 0 Å². The number of nitrogens with one attached hydrogen (secondary N) is 1.